The summed E-state index contributed by atoms with van der Waals surface area (Å²) in [6.45, 7) is 10.4. The van der Waals surface area contributed by atoms with Crippen LogP contribution in [0.3, 0.4) is 0 Å². The maximum atomic E-state index is 11.1. The Hall–Kier alpha value is -1.38. The molecule has 0 aliphatic rings. The molecule has 0 spiro atoms. The normalized spacial score (nSPS) is 11.1. The lowest BCUT2D eigenvalue weighted by Crippen LogP contribution is -2.26. The van der Waals surface area contributed by atoms with Crippen LogP contribution in [0.15, 0.2) is 29.5 Å². The van der Waals surface area contributed by atoms with Crippen molar-refractivity contribution in [2.45, 2.75) is 13.8 Å². The van der Waals surface area contributed by atoms with Crippen molar-refractivity contribution in [1.82, 2.24) is 5.32 Å². The van der Waals surface area contributed by atoms with Gasteiger partial charge in [-0.15, -0.1) is 0 Å². The first-order chi connectivity index (χ1) is 5.61. The van der Waals surface area contributed by atoms with Crippen LogP contribution < -0.4 is 5.32 Å². The van der Waals surface area contributed by atoms with Crippen LogP contribution in [-0.4, -0.2) is 12.6 Å². The average molecular weight is 166 g/mol. The number of nitrogens with zero attached hydrogens (tertiary/aromatic N) is 1. The number of nitrogens with one attached hydrogen (secondary N) is 1. The molecule has 0 atom stereocenters. The fourth-order valence-corrected chi connectivity index (χ4v) is 0.516. The molecule has 3 heteroatoms. The van der Waals surface area contributed by atoms with Crippen molar-refractivity contribution >= 4 is 12.6 Å². The molecule has 0 saturated carbocycles. The standard InChI is InChI=1S/C9H14N2O/c1-5-6-8(10-4)11-9(12)7(2)3/h5-7H,1,4H2,2-3H3,(H,11,12)/b8-6+. The van der Waals surface area contributed by atoms with Gasteiger partial charge in [0, 0.05) is 5.92 Å². The van der Waals surface area contributed by atoms with Crippen LogP contribution in [-0.2, 0) is 4.79 Å². The van der Waals surface area contributed by atoms with Gasteiger partial charge in [-0.25, -0.2) is 4.99 Å². The average Bonchev–Trinajstić information content (AvgIpc) is 2.03. The summed E-state index contributed by atoms with van der Waals surface area (Å²) in [5.41, 5.74) is 0. The predicted molar refractivity (Wildman–Crippen MR) is 50.8 cm³/mol. The molecule has 0 aliphatic heterocycles. The van der Waals surface area contributed by atoms with E-state index < -0.39 is 0 Å². The molecule has 1 amide bonds. The summed E-state index contributed by atoms with van der Waals surface area (Å²) in [4.78, 5) is 14.7. The Morgan fingerprint density at radius 1 is 1.58 bits per heavy atom. The van der Waals surface area contributed by atoms with Crippen LogP contribution in [0.5, 0.6) is 0 Å². The van der Waals surface area contributed by atoms with E-state index in [2.05, 4.69) is 23.6 Å². The lowest BCUT2D eigenvalue weighted by Gasteiger charge is -2.06. The van der Waals surface area contributed by atoms with Crippen molar-refractivity contribution in [1.29, 1.82) is 0 Å². The second-order valence-corrected chi connectivity index (χ2v) is 2.59. The topological polar surface area (TPSA) is 41.5 Å². The first-order valence-corrected chi connectivity index (χ1v) is 3.72. The maximum absolute atomic E-state index is 11.1. The summed E-state index contributed by atoms with van der Waals surface area (Å²) in [5.74, 6) is 0.305. The number of allylic oxidation sites excluding steroid dienone is 2. The Bertz CT molecular complexity index is 217. The van der Waals surface area contributed by atoms with Crippen molar-refractivity contribution in [3.63, 3.8) is 0 Å². The second-order valence-electron chi connectivity index (χ2n) is 2.59. The molecule has 1 N–H and O–H groups in total. The zero-order chi connectivity index (χ0) is 9.56. The summed E-state index contributed by atoms with van der Waals surface area (Å²) in [7, 11) is 0. The Morgan fingerprint density at radius 3 is 2.50 bits per heavy atom. The zero-order valence-electron chi connectivity index (χ0n) is 7.50. The van der Waals surface area contributed by atoms with Crippen LogP contribution >= 0.6 is 0 Å². The molecule has 0 aliphatic carbocycles. The molecule has 3 nitrogen and oxygen atoms in total. The Morgan fingerprint density at radius 2 is 2.17 bits per heavy atom. The van der Waals surface area contributed by atoms with Gasteiger partial charge in [0.25, 0.3) is 0 Å². The van der Waals surface area contributed by atoms with Crippen LogP contribution in [0, 0.1) is 5.92 Å². The molecule has 0 aromatic carbocycles. The first-order valence-electron chi connectivity index (χ1n) is 3.72. The molecule has 0 unspecified atom stereocenters. The molecule has 0 rings (SSSR count). The van der Waals surface area contributed by atoms with Gasteiger partial charge in [0.05, 0.1) is 0 Å². The highest BCUT2D eigenvalue weighted by atomic mass is 16.1. The highest BCUT2D eigenvalue weighted by molar-refractivity contribution is 5.79. The minimum atomic E-state index is -0.0736. The van der Waals surface area contributed by atoms with E-state index in [1.807, 2.05) is 13.8 Å². The monoisotopic (exact) mass is 166 g/mol. The van der Waals surface area contributed by atoms with E-state index >= 15 is 0 Å². The SMILES string of the molecule is C=C/C=C(\N=C)NC(=O)C(C)C. The number of hydrogen-bond donors (Lipinski definition) is 1. The fraction of sp³-hybridized carbons (Fsp3) is 0.333. The second kappa shape index (κ2) is 5.29. The molecule has 0 aromatic heterocycles. The summed E-state index contributed by atoms with van der Waals surface area (Å²) >= 11 is 0. The Labute approximate surface area is 72.9 Å². The number of aliphatic imine (C=N–C) groups is 1. The minimum absolute atomic E-state index is 0.0556. The number of carbonyl (C=O) groups excluding carboxylic acids is 1. The van der Waals surface area contributed by atoms with E-state index in [0.717, 1.165) is 0 Å². The summed E-state index contributed by atoms with van der Waals surface area (Å²) in [6, 6.07) is 0. The van der Waals surface area contributed by atoms with Crippen molar-refractivity contribution < 1.29 is 4.79 Å². The fourth-order valence-electron chi connectivity index (χ4n) is 0.516. The molecule has 66 valence electrons. The Balaban J connectivity index is 4.21. The smallest absolute Gasteiger partial charge is 0.228 e. The zero-order valence-corrected chi connectivity index (χ0v) is 7.50. The number of carbonyl (C=O) groups is 1. The van der Waals surface area contributed by atoms with E-state index in [0.29, 0.717) is 5.82 Å². The highest BCUT2D eigenvalue weighted by Gasteiger charge is 2.06. The molecule has 0 aromatic rings. The number of hydrogen-bond acceptors (Lipinski definition) is 2. The van der Waals surface area contributed by atoms with Gasteiger partial charge < -0.3 is 5.32 Å². The van der Waals surface area contributed by atoms with Gasteiger partial charge in [-0.2, -0.15) is 0 Å². The molecule has 0 heterocycles. The van der Waals surface area contributed by atoms with E-state index in [9.17, 15) is 4.79 Å². The minimum Gasteiger partial charge on any atom is -0.311 e. The Kier molecular flexibility index (Phi) is 4.69. The quantitative estimate of drug-likeness (QED) is 0.499. The summed E-state index contributed by atoms with van der Waals surface area (Å²) < 4.78 is 0. The third-order valence-corrected chi connectivity index (χ3v) is 1.22. The van der Waals surface area contributed by atoms with Gasteiger partial charge in [0.2, 0.25) is 5.91 Å². The summed E-state index contributed by atoms with van der Waals surface area (Å²) in [6.07, 6.45) is 3.14. The van der Waals surface area contributed by atoms with Crippen LogP contribution in [0.1, 0.15) is 13.8 Å². The lowest BCUT2D eigenvalue weighted by molar-refractivity contribution is -0.123. The van der Waals surface area contributed by atoms with Crippen molar-refractivity contribution in [3.8, 4) is 0 Å². The van der Waals surface area contributed by atoms with Crippen LogP contribution in [0.2, 0.25) is 0 Å². The molecular formula is C9H14N2O. The first kappa shape index (κ1) is 10.6. The van der Waals surface area contributed by atoms with Gasteiger partial charge in [-0.3, -0.25) is 4.79 Å². The van der Waals surface area contributed by atoms with E-state index in [4.69, 9.17) is 0 Å². The maximum Gasteiger partial charge on any atom is 0.228 e. The van der Waals surface area contributed by atoms with E-state index in [1.165, 1.54) is 0 Å². The molecule has 0 fully saturated rings. The third-order valence-electron chi connectivity index (χ3n) is 1.22. The van der Waals surface area contributed by atoms with Gasteiger partial charge in [-0.1, -0.05) is 26.5 Å². The van der Waals surface area contributed by atoms with Crippen molar-refractivity contribution in [3.05, 3.63) is 24.6 Å². The third kappa shape index (κ3) is 3.71. The number of rotatable bonds is 4. The van der Waals surface area contributed by atoms with Crippen LogP contribution in [0.25, 0.3) is 0 Å². The lowest BCUT2D eigenvalue weighted by atomic mass is 10.2. The molecule has 0 radical (unpaired) electrons. The molecule has 0 bridgehead atoms. The highest BCUT2D eigenvalue weighted by Crippen LogP contribution is 1.96. The van der Waals surface area contributed by atoms with Crippen LogP contribution in [0.4, 0.5) is 0 Å². The van der Waals surface area contributed by atoms with Gasteiger partial charge in [0.15, 0.2) is 0 Å². The predicted octanol–water partition coefficient (Wildman–Crippen LogP) is 1.49. The van der Waals surface area contributed by atoms with E-state index in [-0.39, 0.29) is 11.8 Å². The van der Waals surface area contributed by atoms with Crippen molar-refractivity contribution in [2.24, 2.45) is 10.9 Å². The van der Waals surface area contributed by atoms with E-state index in [1.54, 1.807) is 12.2 Å². The van der Waals surface area contributed by atoms with Crippen molar-refractivity contribution in [2.75, 3.05) is 0 Å². The molecular weight excluding hydrogens is 152 g/mol. The summed E-state index contributed by atoms with van der Waals surface area (Å²) in [5, 5.41) is 2.59. The van der Waals surface area contributed by atoms with Gasteiger partial charge >= 0.3 is 0 Å². The number of amides is 1. The van der Waals surface area contributed by atoms with Gasteiger partial charge in [-0.05, 0) is 12.8 Å². The molecule has 0 saturated heterocycles. The largest absolute Gasteiger partial charge is 0.311 e. The molecule has 12 heavy (non-hydrogen) atoms. The van der Waals surface area contributed by atoms with Gasteiger partial charge in [0.1, 0.15) is 5.82 Å².